The van der Waals surface area contributed by atoms with Gasteiger partial charge in [0, 0.05) is 17.3 Å². The van der Waals surface area contributed by atoms with Crippen molar-refractivity contribution in [1.29, 1.82) is 0 Å². The molecule has 2 fully saturated rings. The van der Waals surface area contributed by atoms with Gasteiger partial charge < -0.3 is 19.8 Å². The van der Waals surface area contributed by atoms with Gasteiger partial charge in [-0.15, -0.1) is 11.3 Å². The van der Waals surface area contributed by atoms with E-state index in [1.165, 1.54) is 24.2 Å². The van der Waals surface area contributed by atoms with Gasteiger partial charge in [0.1, 0.15) is 12.7 Å². The van der Waals surface area contributed by atoms with Crippen LogP contribution in [-0.4, -0.2) is 61.1 Å². The first-order valence-electron chi connectivity index (χ1n) is 10.2. The Morgan fingerprint density at radius 2 is 2.03 bits per heavy atom. The third-order valence-electron chi connectivity index (χ3n) is 5.43. The summed E-state index contributed by atoms with van der Waals surface area (Å²) < 4.78 is 5.97. The summed E-state index contributed by atoms with van der Waals surface area (Å²) in [4.78, 5) is 34.2. The van der Waals surface area contributed by atoms with Crippen molar-refractivity contribution in [3.63, 3.8) is 0 Å². The Morgan fingerprint density at radius 3 is 2.74 bits per heavy atom. The van der Waals surface area contributed by atoms with Crippen LogP contribution in [0.4, 0.5) is 10.5 Å². The number of thiophene rings is 1. The second-order valence-electron chi connectivity index (χ2n) is 7.65. The number of carbonyl (C=O) groups is 2. The van der Waals surface area contributed by atoms with Crippen molar-refractivity contribution in [2.45, 2.75) is 25.0 Å². The van der Waals surface area contributed by atoms with Crippen LogP contribution in [0.3, 0.4) is 0 Å². The van der Waals surface area contributed by atoms with E-state index in [0.717, 1.165) is 23.6 Å². The lowest BCUT2D eigenvalue weighted by atomic mass is 10.1. The van der Waals surface area contributed by atoms with Crippen molar-refractivity contribution in [2.24, 2.45) is 5.16 Å². The molecule has 1 atom stereocenters. The smallest absolute Gasteiger partial charge is 0.414 e. The number of amides is 2. The molecule has 5 rings (SSSR count). The Kier molecular flexibility index (Phi) is 5.45. The van der Waals surface area contributed by atoms with Crippen LogP contribution in [-0.2, 0) is 9.57 Å². The van der Waals surface area contributed by atoms with Crippen LogP contribution in [0.5, 0.6) is 0 Å². The van der Waals surface area contributed by atoms with Crippen molar-refractivity contribution >= 4 is 46.5 Å². The lowest BCUT2D eigenvalue weighted by molar-refractivity contribution is 0.0920. The van der Waals surface area contributed by atoms with Crippen LogP contribution in [0.15, 0.2) is 41.6 Å². The first-order chi connectivity index (χ1) is 15.1. The number of ether oxygens (including phenoxy) is 1. The molecule has 1 unspecified atom stereocenters. The Labute approximate surface area is 188 Å². The summed E-state index contributed by atoms with van der Waals surface area (Å²) in [5.41, 5.74) is 1.70. The molecular weight excluding hydrogens is 440 g/mol. The van der Waals surface area contributed by atoms with E-state index in [-0.39, 0.29) is 12.5 Å². The predicted octanol–water partition coefficient (Wildman–Crippen LogP) is 3.31. The third-order valence-corrected chi connectivity index (χ3v) is 6.66. The van der Waals surface area contributed by atoms with Crippen molar-refractivity contribution in [3.8, 4) is 0 Å². The van der Waals surface area contributed by atoms with Crippen molar-refractivity contribution in [1.82, 2.24) is 10.2 Å². The molecule has 0 spiro atoms. The van der Waals surface area contributed by atoms with Crippen molar-refractivity contribution < 1.29 is 19.2 Å². The Bertz CT molecular complexity index is 1020. The summed E-state index contributed by atoms with van der Waals surface area (Å²) >= 11 is 7.08. The van der Waals surface area contributed by atoms with Gasteiger partial charge in [-0.25, -0.2) is 4.79 Å². The Balaban J connectivity index is 1.21. The first-order valence-corrected chi connectivity index (χ1v) is 11.4. The molecule has 1 N–H and O–H groups in total. The van der Waals surface area contributed by atoms with E-state index in [1.54, 1.807) is 17.0 Å². The standard InChI is InChI=1S/C21H21ClN4O4S/c22-18-8-7-17(31-18)20(27)23-11-16-12-26(21(28)30-16)15-3-1-13(2-4-15)19-24-29-10-9-25(19)14-5-6-14/h1-4,7-8,14,16H,5-6,9-12H2,(H,23,27). The summed E-state index contributed by atoms with van der Waals surface area (Å²) in [6.07, 6.45) is 1.53. The lowest BCUT2D eigenvalue weighted by Crippen LogP contribution is -2.39. The topological polar surface area (TPSA) is 83.5 Å². The molecule has 2 amide bonds. The maximum atomic E-state index is 12.4. The molecule has 0 bridgehead atoms. The fourth-order valence-corrected chi connectivity index (χ4v) is 4.68. The fourth-order valence-electron chi connectivity index (χ4n) is 3.72. The van der Waals surface area contributed by atoms with E-state index in [2.05, 4.69) is 15.4 Å². The average molecular weight is 461 g/mol. The Hall–Kier alpha value is -2.78. The molecule has 1 saturated heterocycles. The second kappa shape index (κ2) is 8.39. The maximum absolute atomic E-state index is 12.4. The molecule has 0 radical (unpaired) electrons. The van der Waals surface area contributed by atoms with Crippen LogP contribution in [0.1, 0.15) is 28.1 Å². The van der Waals surface area contributed by atoms with Gasteiger partial charge in [0.05, 0.1) is 28.8 Å². The number of benzene rings is 1. The van der Waals surface area contributed by atoms with E-state index in [4.69, 9.17) is 21.2 Å². The zero-order valence-electron chi connectivity index (χ0n) is 16.6. The highest BCUT2D eigenvalue weighted by Crippen LogP contribution is 2.30. The number of nitrogens with zero attached hydrogens (tertiary/aromatic N) is 3. The van der Waals surface area contributed by atoms with E-state index >= 15 is 0 Å². The van der Waals surface area contributed by atoms with Gasteiger partial charge in [0.15, 0.2) is 5.84 Å². The maximum Gasteiger partial charge on any atom is 0.414 e. The van der Waals surface area contributed by atoms with Crippen LogP contribution >= 0.6 is 22.9 Å². The van der Waals surface area contributed by atoms with Gasteiger partial charge in [0.25, 0.3) is 5.91 Å². The Morgan fingerprint density at radius 1 is 1.23 bits per heavy atom. The lowest BCUT2D eigenvalue weighted by Gasteiger charge is -2.28. The zero-order chi connectivity index (χ0) is 21.4. The predicted molar refractivity (Wildman–Crippen MR) is 118 cm³/mol. The van der Waals surface area contributed by atoms with Crippen LogP contribution in [0.25, 0.3) is 0 Å². The summed E-state index contributed by atoms with van der Waals surface area (Å²) in [7, 11) is 0. The summed E-state index contributed by atoms with van der Waals surface area (Å²) in [6, 6.07) is 11.6. The molecule has 162 valence electrons. The minimum atomic E-state index is -0.427. The molecule has 31 heavy (non-hydrogen) atoms. The highest BCUT2D eigenvalue weighted by Gasteiger charge is 2.35. The molecule has 8 nitrogen and oxygen atoms in total. The molecule has 2 aromatic rings. The van der Waals surface area contributed by atoms with E-state index in [0.29, 0.717) is 28.4 Å². The number of cyclic esters (lactones) is 1. The van der Waals surface area contributed by atoms with Crippen LogP contribution < -0.4 is 10.2 Å². The molecular formula is C21H21ClN4O4S. The summed E-state index contributed by atoms with van der Waals surface area (Å²) in [5, 5.41) is 7.05. The van der Waals surface area contributed by atoms with Gasteiger partial charge in [0.2, 0.25) is 0 Å². The monoisotopic (exact) mass is 460 g/mol. The fraction of sp³-hybridized carbons (Fsp3) is 0.381. The molecule has 1 aromatic heterocycles. The number of halogens is 1. The highest BCUT2D eigenvalue weighted by molar-refractivity contribution is 7.18. The second-order valence-corrected chi connectivity index (χ2v) is 9.36. The van der Waals surface area contributed by atoms with Gasteiger partial charge in [-0.2, -0.15) is 0 Å². The van der Waals surface area contributed by atoms with E-state index < -0.39 is 12.2 Å². The molecule has 10 heteroatoms. The summed E-state index contributed by atoms with van der Waals surface area (Å²) in [6.45, 7) is 2.05. The third kappa shape index (κ3) is 4.33. The van der Waals surface area contributed by atoms with Crippen LogP contribution in [0, 0.1) is 0 Å². The quantitative estimate of drug-likeness (QED) is 0.715. The SMILES string of the molecule is O=C(NCC1CN(c2ccc(C3=NOCCN3C3CC3)cc2)C(=O)O1)c1ccc(Cl)s1. The minimum absolute atomic E-state index is 0.230. The average Bonchev–Trinajstić information content (AvgIpc) is 3.44. The first kappa shape index (κ1) is 20.1. The molecule has 1 aromatic carbocycles. The number of oxime groups is 1. The van der Waals surface area contributed by atoms with Crippen molar-refractivity contribution in [3.05, 3.63) is 51.2 Å². The molecule has 1 saturated carbocycles. The van der Waals surface area contributed by atoms with Gasteiger partial charge in [-0.05, 0) is 49.2 Å². The minimum Gasteiger partial charge on any atom is -0.442 e. The largest absolute Gasteiger partial charge is 0.442 e. The molecule has 1 aliphatic carbocycles. The van der Waals surface area contributed by atoms with Gasteiger partial charge in [-0.3, -0.25) is 9.69 Å². The van der Waals surface area contributed by atoms with E-state index in [1.807, 2.05) is 24.3 Å². The summed E-state index contributed by atoms with van der Waals surface area (Å²) in [5.74, 6) is 0.616. The number of anilines is 1. The molecule has 2 aliphatic heterocycles. The highest BCUT2D eigenvalue weighted by atomic mass is 35.5. The number of hydrogen-bond acceptors (Lipinski definition) is 7. The number of nitrogens with one attached hydrogen (secondary N) is 1. The normalized spacial score (nSPS) is 20.9. The molecule has 3 aliphatic rings. The van der Waals surface area contributed by atoms with Crippen LogP contribution in [0.2, 0.25) is 4.34 Å². The number of rotatable bonds is 6. The van der Waals surface area contributed by atoms with Gasteiger partial charge in [-0.1, -0.05) is 16.8 Å². The zero-order valence-corrected chi connectivity index (χ0v) is 18.2. The number of amidine groups is 1. The van der Waals surface area contributed by atoms with E-state index in [9.17, 15) is 9.59 Å². The number of hydrogen-bond donors (Lipinski definition) is 1. The number of carbonyl (C=O) groups excluding carboxylic acids is 2. The van der Waals surface area contributed by atoms with Gasteiger partial charge >= 0.3 is 6.09 Å². The van der Waals surface area contributed by atoms with Crippen molar-refractivity contribution in [2.75, 3.05) is 31.1 Å². The molecule has 3 heterocycles.